The number of amides is 1. The molecule has 0 atom stereocenters. The Hall–Kier alpha value is -3.53. The lowest BCUT2D eigenvalue weighted by atomic mass is 10.3. The number of hydrogen-bond donors (Lipinski definition) is 1. The van der Waals surface area contributed by atoms with Crippen LogP contribution >= 0.6 is 11.8 Å². The van der Waals surface area contributed by atoms with Crippen molar-refractivity contribution in [2.24, 2.45) is 0 Å². The largest absolute Gasteiger partial charge is 0.461 e. The lowest BCUT2D eigenvalue weighted by Crippen LogP contribution is -2.16. The fraction of sp³-hybridized carbons (Fsp3) is 0.0500. The number of para-hydroxylation sites is 1. The molecule has 2 heterocycles. The first-order valence-corrected chi connectivity index (χ1v) is 9.64. The second kappa shape index (κ2) is 8.46. The molecule has 0 radical (unpaired) electrons. The highest BCUT2D eigenvalue weighted by Crippen LogP contribution is 2.28. The Morgan fingerprint density at radius 1 is 1.00 bits per heavy atom. The highest BCUT2D eigenvalue weighted by molar-refractivity contribution is 7.99. The van der Waals surface area contributed by atoms with Gasteiger partial charge in [-0.3, -0.25) is 9.36 Å². The van der Waals surface area contributed by atoms with Gasteiger partial charge in [0.15, 0.2) is 28.4 Å². The Morgan fingerprint density at radius 2 is 1.80 bits per heavy atom. The first-order chi connectivity index (χ1) is 14.5. The predicted octanol–water partition coefficient (Wildman–Crippen LogP) is 4.68. The van der Waals surface area contributed by atoms with E-state index in [1.165, 1.54) is 6.26 Å². The molecule has 0 aliphatic carbocycles. The number of anilines is 1. The van der Waals surface area contributed by atoms with Gasteiger partial charge in [-0.2, -0.15) is 0 Å². The lowest BCUT2D eigenvalue weighted by molar-refractivity contribution is -0.113. The van der Waals surface area contributed by atoms with Gasteiger partial charge in [0.1, 0.15) is 0 Å². The zero-order chi connectivity index (χ0) is 21.1. The van der Waals surface area contributed by atoms with E-state index >= 15 is 0 Å². The maximum Gasteiger partial charge on any atom is 0.234 e. The quantitative estimate of drug-likeness (QED) is 0.355. The second-order valence-corrected chi connectivity index (χ2v) is 6.96. The summed E-state index contributed by atoms with van der Waals surface area (Å²) in [5.41, 5.74) is 0.309. The molecule has 6 nitrogen and oxygen atoms in total. The average Bonchev–Trinajstić information content (AvgIpc) is 3.43. The van der Waals surface area contributed by atoms with E-state index in [0.29, 0.717) is 16.7 Å². The molecule has 1 amide bonds. The number of furan rings is 1. The van der Waals surface area contributed by atoms with Gasteiger partial charge in [-0.1, -0.05) is 30.0 Å². The molecular formula is C20H13F3N4O2S. The molecular weight excluding hydrogens is 417 g/mol. The van der Waals surface area contributed by atoms with Crippen molar-refractivity contribution in [3.05, 3.63) is 78.3 Å². The summed E-state index contributed by atoms with van der Waals surface area (Å²) in [5, 5.41) is 10.9. The molecule has 0 aliphatic rings. The van der Waals surface area contributed by atoms with E-state index in [9.17, 15) is 18.0 Å². The van der Waals surface area contributed by atoms with Gasteiger partial charge in [-0.15, -0.1) is 10.2 Å². The maximum atomic E-state index is 13.8. The van der Waals surface area contributed by atoms with E-state index in [4.69, 9.17) is 4.42 Å². The van der Waals surface area contributed by atoms with Crippen LogP contribution in [0.3, 0.4) is 0 Å². The monoisotopic (exact) mass is 430 g/mol. The van der Waals surface area contributed by atoms with E-state index < -0.39 is 29.0 Å². The summed E-state index contributed by atoms with van der Waals surface area (Å²) < 4.78 is 47.3. The van der Waals surface area contributed by atoms with Gasteiger partial charge in [0.2, 0.25) is 11.7 Å². The van der Waals surface area contributed by atoms with Crippen LogP contribution in [-0.2, 0) is 4.79 Å². The third kappa shape index (κ3) is 3.94. The number of carbonyl (C=O) groups excluding carboxylic acids is 1. The number of nitrogens with zero attached hydrogens (tertiary/aromatic N) is 3. The molecule has 2 aromatic heterocycles. The molecule has 30 heavy (non-hydrogen) atoms. The van der Waals surface area contributed by atoms with Crippen molar-refractivity contribution in [1.82, 2.24) is 14.8 Å². The highest BCUT2D eigenvalue weighted by atomic mass is 32.2. The Labute approximate surface area is 172 Å². The molecule has 0 aliphatic heterocycles. The van der Waals surface area contributed by atoms with E-state index in [1.807, 2.05) is 30.3 Å². The molecule has 0 fully saturated rings. The zero-order valence-electron chi connectivity index (χ0n) is 15.2. The first-order valence-electron chi connectivity index (χ1n) is 8.65. The number of carbonyl (C=O) groups is 1. The molecule has 0 spiro atoms. The second-order valence-electron chi connectivity index (χ2n) is 6.01. The van der Waals surface area contributed by atoms with Crippen molar-refractivity contribution in [3.63, 3.8) is 0 Å². The average molecular weight is 430 g/mol. The summed E-state index contributed by atoms with van der Waals surface area (Å²) in [5.74, 6) is -4.28. The minimum Gasteiger partial charge on any atom is -0.461 e. The van der Waals surface area contributed by atoms with Crippen LogP contribution in [0.2, 0.25) is 0 Å². The normalized spacial score (nSPS) is 10.9. The number of benzene rings is 2. The van der Waals surface area contributed by atoms with E-state index in [-0.39, 0.29) is 5.75 Å². The lowest BCUT2D eigenvalue weighted by Gasteiger charge is -2.10. The van der Waals surface area contributed by atoms with E-state index in [2.05, 4.69) is 15.5 Å². The van der Waals surface area contributed by atoms with E-state index in [1.54, 1.807) is 16.7 Å². The first kappa shape index (κ1) is 19.8. The minimum atomic E-state index is -1.65. The van der Waals surface area contributed by atoms with Gasteiger partial charge in [0, 0.05) is 5.69 Å². The van der Waals surface area contributed by atoms with Crippen LogP contribution in [0.25, 0.3) is 17.3 Å². The predicted molar refractivity (Wildman–Crippen MR) is 105 cm³/mol. The fourth-order valence-electron chi connectivity index (χ4n) is 2.68. The van der Waals surface area contributed by atoms with Gasteiger partial charge in [-0.05, 0) is 36.4 Å². The minimum absolute atomic E-state index is 0.165. The van der Waals surface area contributed by atoms with Gasteiger partial charge < -0.3 is 9.73 Å². The number of rotatable bonds is 6. The smallest absolute Gasteiger partial charge is 0.234 e. The number of aromatic nitrogens is 3. The van der Waals surface area contributed by atoms with Crippen LogP contribution in [0, 0.1) is 17.5 Å². The van der Waals surface area contributed by atoms with Crippen LogP contribution in [0.5, 0.6) is 0 Å². The van der Waals surface area contributed by atoms with Crippen molar-refractivity contribution >= 4 is 23.4 Å². The summed E-state index contributed by atoms with van der Waals surface area (Å²) in [6, 6.07) is 14.4. The Morgan fingerprint density at radius 3 is 2.53 bits per heavy atom. The van der Waals surface area contributed by atoms with Crippen molar-refractivity contribution in [2.75, 3.05) is 11.1 Å². The molecule has 0 saturated heterocycles. The number of nitrogens with one attached hydrogen (secondary N) is 1. The van der Waals surface area contributed by atoms with Crippen LogP contribution in [0.1, 0.15) is 0 Å². The third-order valence-electron chi connectivity index (χ3n) is 4.03. The molecule has 2 aromatic carbocycles. The standard InChI is InChI=1S/C20H13F3N4O2S/c21-13-8-9-14(18(23)17(13)22)24-16(28)11-30-20-26-25-19(15-7-4-10-29-15)27(20)12-5-2-1-3-6-12/h1-10H,11H2,(H,24,28). The third-order valence-corrected chi connectivity index (χ3v) is 4.96. The van der Waals surface area contributed by atoms with Gasteiger partial charge in [-0.25, -0.2) is 13.2 Å². The van der Waals surface area contributed by atoms with Crippen molar-refractivity contribution in [3.8, 4) is 17.3 Å². The summed E-state index contributed by atoms with van der Waals surface area (Å²) in [4.78, 5) is 12.2. The number of thioether (sulfide) groups is 1. The van der Waals surface area contributed by atoms with Crippen LogP contribution in [-0.4, -0.2) is 26.4 Å². The van der Waals surface area contributed by atoms with Crippen LogP contribution in [0.15, 0.2) is 70.4 Å². The highest BCUT2D eigenvalue weighted by Gasteiger charge is 2.20. The molecule has 4 aromatic rings. The molecule has 10 heteroatoms. The molecule has 0 bridgehead atoms. The molecule has 0 saturated carbocycles. The Balaban J connectivity index is 1.55. The van der Waals surface area contributed by atoms with Crippen LogP contribution < -0.4 is 5.32 Å². The number of halogens is 3. The maximum absolute atomic E-state index is 13.8. The summed E-state index contributed by atoms with van der Waals surface area (Å²) >= 11 is 1.05. The number of hydrogen-bond acceptors (Lipinski definition) is 5. The summed E-state index contributed by atoms with van der Waals surface area (Å²) in [6.07, 6.45) is 1.51. The molecule has 4 rings (SSSR count). The summed E-state index contributed by atoms with van der Waals surface area (Å²) in [7, 11) is 0. The van der Waals surface area contributed by atoms with Gasteiger partial charge in [0.05, 0.1) is 17.7 Å². The van der Waals surface area contributed by atoms with Gasteiger partial charge in [0.25, 0.3) is 0 Å². The molecule has 152 valence electrons. The van der Waals surface area contributed by atoms with Gasteiger partial charge >= 0.3 is 0 Å². The van der Waals surface area contributed by atoms with Crippen molar-refractivity contribution in [2.45, 2.75) is 5.16 Å². The SMILES string of the molecule is O=C(CSc1nnc(-c2ccco2)n1-c1ccccc1)Nc1ccc(F)c(F)c1F. The van der Waals surface area contributed by atoms with Crippen LogP contribution in [0.4, 0.5) is 18.9 Å². The Kier molecular flexibility index (Phi) is 5.57. The van der Waals surface area contributed by atoms with Crippen molar-refractivity contribution < 1.29 is 22.4 Å². The molecule has 1 N–H and O–H groups in total. The summed E-state index contributed by atoms with van der Waals surface area (Å²) in [6.45, 7) is 0. The molecule has 0 unspecified atom stereocenters. The van der Waals surface area contributed by atoms with Crippen molar-refractivity contribution in [1.29, 1.82) is 0 Å². The fourth-order valence-corrected chi connectivity index (χ4v) is 3.43. The Bertz CT molecular complexity index is 1180. The zero-order valence-corrected chi connectivity index (χ0v) is 16.0. The van der Waals surface area contributed by atoms with E-state index in [0.717, 1.165) is 29.6 Å². The topological polar surface area (TPSA) is 73.0 Å².